The SMILES string of the molecule is c1ccc(-c2cccc3c2oc2ccc(-c4ccc(N(c5ccc6c(c5)C(c5ccccc5)(c5ccccc5)c5ccccc5-6)c5ccc6oc7ccccc7c6c5)cc4)cc23)cc1. The fraction of sp³-hybridized carbons (Fsp3) is 0.0164. The van der Waals surface area contributed by atoms with E-state index >= 15 is 0 Å². The molecule has 0 bridgehead atoms. The lowest BCUT2D eigenvalue weighted by Crippen LogP contribution is -2.28. The Morgan fingerprint density at radius 3 is 1.64 bits per heavy atom. The first-order chi connectivity index (χ1) is 31.7. The van der Waals surface area contributed by atoms with E-state index in [1.807, 2.05) is 18.2 Å². The van der Waals surface area contributed by atoms with Crippen LogP contribution in [0, 0.1) is 0 Å². The van der Waals surface area contributed by atoms with Crippen LogP contribution < -0.4 is 4.90 Å². The van der Waals surface area contributed by atoms with Crippen LogP contribution in [-0.2, 0) is 5.41 Å². The summed E-state index contributed by atoms with van der Waals surface area (Å²) in [5, 5.41) is 4.41. The van der Waals surface area contributed by atoms with E-state index in [4.69, 9.17) is 8.83 Å². The van der Waals surface area contributed by atoms with Crippen molar-refractivity contribution in [1.29, 1.82) is 0 Å². The zero-order valence-electron chi connectivity index (χ0n) is 34.8. The van der Waals surface area contributed by atoms with Gasteiger partial charge in [-0.1, -0.05) is 176 Å². The maximum absolute atomic E-state index is 6.54. The molecule has 1 aliphatic rings. The smallest absolute Gasteiger partial charge is 0.143 e. The highest BCUT2D eigenvalue weighted by atomic mass is 16.3. The highest BCUT2D eigenvalue weighted by Crippen LogP contribution is 2.57. The van der Waals surface area contributed by atoms with E-state index in [2.05, 4.69) is 223 Å². The molecule has 0 aliphatic heterocycles. The van der Waals surface area contributed by atoms with Gasteiger partial charge in [0.2, 0.25) is 0 Å². The van der Waals surface area contributed by atoms with Crippen molar-refractivity contribution in [2.75, 3.05) is 4.90 Å². The first kappa shape index (κ1) is 36.3. The minimum Gasteiger partial charge on any atom is -0.456 e. The van der Waals surface area contributed by atoms with E-state index in [9.17, 15) is 0 Å². The number of hydrogen-bond donors (Lipinski definition) is 0. The van der Waals surface area contributed by atoms with Gasteiger partial charge in [-0.25, -0.2) is 0 Å². The molecule has 0 N–H and O–H groups in total. The number of hydrogen-bond acceptors (Lipinski definition) is 3. The van der Waals surface area contributed by atoms with Crippen LogP contribution in [0.3, 0.4) is 0 Å². The predicted octanol–water partition coefficient (Wildman–Crippen LogP) is 16.7. The summed E-state index contributed by atoms with van der Waals surface area (Å²) in [4.78, 5) is 2.40. The van der Waals surface area contributed by atoms with Crippen molar-refractivity contribution in [1.82, 2.24) is 0 Å². The molecule has 0 amide bonds. The fourth-order valence-electron chi connectivity index (χ4n) is 10.5. The van der Waals surface area contributed by atoms with E-state index < -0.39 is 5.41 Å². The molecule has 3 nitrogen and oxygen atoms in total. The van der Waals surface area contributed by atoms with Gasteiger partial charge in [0.05, 0.1) is 5.41 Å². The minimum atomic E-state index is -0.525. The van der Waals surface area contributed by atoms with Gasteiger partial charge in [0.25, 0.3) is 0 Å². The largest absolute Gasteiger partial charge is 0.456 e. The van der Waals surface area contributed by atoms with E-state index in [1.165, 1.54) is 33.4 Å². The summed E-state index contributed by atoms with van der Waals surface area (Å²) >= 11 is 0. The number of para-hydroxylation sites is 2. The molecule has 0 saturated carbocycles. The second-order valence-electron chi connectivity index (χ2n) is 16.8. The lowest BCUT2D eigenvalue weighted by atomic mass is 9.67. The minimum absolute atomic E-state index is 0.525. The molecule has 1 aliphatic carbocycles. The van der Waals surface area contributed by atoms with Gasteiger partial charge >= 0.3 is 0 Å². The van der Waals surface area contributed by atoms with Crippen molar-refractivity contribution in [3.63, 3.8) is 0 Å². The number of nitrogens with zero attached hydrogens (tertiary/aromatic N) is 1. The van der Waals surface area contributed by atoms with Gasteiger partial charge in [-0.2, -0.15) is 0 Å². The molecule has 10 aromatic carbocycles. The van der Waals surface area contributed by atoms with E-state index in [1.54, 1.807) is 0 Å². The molecule has 0 fully saturated rings. The second-order valence-corrected chi connectivity index (χ2v) is 16.8. The molecule has 0 spiro atoms. The molecule has 0 atom stereocenters. The molecule has 13 rings (SSSR count). The summed E-state index contributed by atoms with van der Waals surface area (Å²) in [5.41, 5.74) is 18.3. The standard InChI is InChI=1S/C61H39NO2/c1-4-15-41(16-5-1)48-23-14-24-52-53-37-42(29-35-59(53)64-60(48)52)40-27-30-45(31-28-40)62(46-33-36-58-54(38-46)51-22-11-13-26-57(51)63-58)47-32-34-50-49-21-10-12-25-55(49)61(56(50)39-47,43-17-6-2-7-18-43)44-19-8-3-9-20-44/h1-39H. The molecular formula is C61H39NO2. The van der Waals surface area contributed by atoms with Crippen LogP contribution in [0.15, 0.2) is 245 Å². The number of benzene rings is 10. The van der Waals surface area contributed by atoms with Crippen molar-refractivity contribution in [2.45, 2.75) is 5.41 Å². The normalized spacial score (nSPS) is 12.8. The third-order valence-electron chi connectivity index (χ3n) is 13.4. The summed E-state index contributed by atoms with van der Waals surface area (Å²) in [7, 11) is 0. The zero-order valence-corrected chi connectivity index (χ0v) is 34.8. The third-order valence-corrected chi connectivity index (χ3v) is 13.4. The van der Waals surface area contributed by atoms with Gasteiger partial charge < -0.3 is 13.7 Å². The van der Waals surface area contributed by atoms with Crippen molar-refractivity contribution in [2.24, 2.45) is 0 Å². The molecular weight excluding hydrogens is 779 g/mol. The van der Waals surface area contributed by atoms with Crippen LogP contribution in [0.5, 0.6) is 0 Å². The fourth-order valence-corrected chi connectivity index (χ4v) is 10.5. The van der Waals surface area contributed by atoms with Crippen LogP contribution in [0.4, 0.5) is 17.1 Å². The van der Waals surface area contributed by atoms with E-state index in [-0.39, 0.29) is 0 Å². The van der Waals surface area contributed by atoms with Crippen LogP contribution in [0.2, 0.25) is 0 Å². The molecule has 2 aromatic heterocycles. The van der Waals surface area contributed by atoms with Gasteiger partial charge in [0.1, 0.15) is 22.3 Å². The van der Waals surface area contributed by atoms with Gasteiger partial charge in [0.15, 0.2) is 0 Å². The zero-order chi connectivity index (χ0) is 42.2. The topological polar surface area (TPSA) is 29.5 Å². The quantitative estimate of drug-likeness (QED) is 0.160. The van der Waals surface area contributed by atoms with E-state index in [0.717, 1.165) is 83.2 Å². The Bertz CT molecular complexity index is 3680. The Morgan fingerprint density at radius 1 is 0.297 bits per heavy atom. The second kappa shape index (κ2) is 14.3. The van der Waals surface area contributed by atoms with Crippen molar-refractivity contribution in [3.8, 4) is 33.4 Å². The van der Waals surface area contributed by atoms with Gasteiger partial charge in [-0.05, 0) is 111 Å². The average Bonchev–Trinajstić information content (AvgIpc) is 4.03. The lowest BCUT2D eigenvalue weighted by Gasteiger charge is -2.35. The van der Waals surface area contributed by atoms with Gasteiger partial charge in [-0.15, -0.1) is 0 Å². The molecule has 3 heteroatoms. The first-order valence-corrected chi connectivity index (χ1v) is 21.9. The third kappa shape index (κ3) is 5.47. The monoisotopic (exact) mass is 817 g/mol. The Morgan fingerprint density at radius 2 is 0.844 bits per heavy atom. The number of rotatable bonds is 7. The van der Waals surface area contributed by atoms with Crippen LogP contribution in [0.1, 0.15) is 22.3 Å². The highest BCUT2D eigenvalue weighted by molar-refractivity contribution is 6.11. The maximum Gasteiger partial charge on any atom is 0.143 e. The summed E-state index contributed by atoms with van der Waals surface area (Å²) in [5.74, 6) is 0. The Kier molecular flexibility index (Phi) is 8.13. The summed E-state index contributed by atoms with van der Waals surface area (Å²) in [6, 6.07) is 85.3. The molecule has 300 valence electrons. The number of anilines is 3. The molecule has 12 aromatic rings. The summed E-state index contributed by atoms with van der Waals surface area (Å²) in [6.45, 7) is 0. The molecule has 64 heavy (non-hydrogen) atoms. The number of furan rings is 2. The van der Waals surface area contributed by atoms with Crippen LogP contribution in [0.25, 0.3) is 77.3 Å². The van der Waals surface area contributed by atoms with Crippen LogP contribution in [-0.4, -0.2) is 0 Å². The Hall–Kier alpha value is -8.40. The van der Waals surface area contributed by atoms with E-state index in [0.29, 0.717) is 0 Å². The van der Waals surface area contributed by atoms with Gasteiger partial charge in [0, 0.05) is 44.2 Å². The van der Waals surface area contributed by atoms with Crippen molar-refractivity contribution >= 4 is 60.9 Å². The number of fused-ring (bicyclic) bond motifs is 9. The van der Waals surface area contributed by atoms with Gasteiger partial charge in [-0.3, -0.25) is 0 Å². The Labute approximate surface area is 370 Å². The van der Waals surface area contributed by atoms with Crippen molar-refractivity contribution < 1.29 is 8.83 Å². The first-order valence-electron chi connectivity index (χ1n) is 21.9. The molecule has 0 radical (unpaired) electrons. The summed E-state index contributed by atoms with van der Waals surface area (Å²) < 4.78 is 12.9. The maximum atomic E-state index is 6.54. The molecule has 0 saturated heterocycles. The molecule has 0 unspecified atom stereocenters. The molecule has 2 heterocycles. The Balaban J connectivity index is 0.984. The van der Waals surface area contributed by atoms with Crippen LogP contribution >= 0.6 is 0 Å². The predicted molar refractivity (Wildman–Crippen MR) is 264 cm³/mol. The van der Waals surface area contributed by atoms with Crippen molar-refractivity contribution in [3.05, 3.63) is 259 Å². The average molecular weight is 818 g/mol. The lowest BCUT2D eigenvalue weighted by molar-refractivity contribution is 0.669. The highest BCUT2D eigenvalue weighted by Gasteiger charge is 2.46. The summed E-state index contributed by atoms with van der Waals surface area (Å²) in [6.07, 6.45) is 0.